The van der Waals surface area contributed by atoms with Gasteiger partial charge in [-0.3, -0.25) is 4.79 Å². The molecule has 30 heavy (non-hydrogen) atoms. The van der Waals surface area contributed by atoms with Crippen LogP contribution in [0, 0.1) is 6.92 Å². The number of hydrogen-bond acceptors (Lipinski definition) is 6. The van der Waals surface area contributed by atoms with Crippen LogP contribution in [0.5, 0.6) is 0 Å². The average molecular weight is 423 g/mol. The van der Waals surface area contributed by atoms with Crippen LogP contribution in [0.2, 0.25) is 0 Å². The standard InChI is InChI=1S/C20H22N7O2P/c1-11-4-5-12-8-14(25-27(12)9-11)16-15-13(21-10-22-15)6-7-26(16)18(28)17-23-24-19(29-17)20(2,3)30/h4-5,8-10,16H,6-7,30H2,1-3H3,(H,21,22)/t16-/m1/s1. The van der Waals surface area contributed by atoms with Crippen LogP contribution in [0.3, 0.4) is 0 Å². The summed E-state index contributed by atoms with van der Waals surface area (Å²) in [5.74, 6) is 0.0482. The zero-order valence-electron chi connectivity index (χ0n) is 17.0. The lowest BCUT2D eigenvalue weighted by Gasteiger charge is -2.32. The minimum Gasteiger partial charge on any atom is -0.416 e. The van der Waals surface area contributed by atoms with Crippen LogP contribution in [-0.4, -0.2) is 47.1 Å². The molecular formula is C20H22N7O2P. The van der Waals surface area contributed by atoms with Crippen molar-refractivity contribution in [1.82, 2.24) is 34.7 Å². The van der Waals surface area contributed by atoms with Crippen LogP contribution < -0.4 is 0 Å². The van der Waals surface area contributed by atoms with Crippen molar-refractivity contribution >= 4 is 20.7 Å². The first kappa shape index (κ1) is 18.9. The van der Waals surface area contributed by atoms with Gasteiger partial charge in [0.15, 0.2) is 0 Å². The largest absolute Gasteiger partial charge is 0.416 e. The number of aryl methyl sites for hydroxylation is 1. The molecule has 154 valence electrons. The number of H-pyrrole nitrogens is 1. The maximum atomic E-state index is 13.4. The fourth-order valence-corrected chi connectivity index (χ4v) is 3.85. The number of nitrogens with one attached hydrogen (secondary N) is 1. The van der Waals surface area contributed by atoms with Crippen LogP contribution in [0.25, 0.3) is 5.52 Å². The first-order chi connectivity index (χ1) is 14.3. The second kappa shape index (κ2) is 6.74. The Hall–Kier alpha value is -3.06. The van der Waals surface area contributed by atoms with E-state index in [1.165, 1.54) is 0 Å². The topological polar surface area (TPSA) is 105 Å². The Kier molecular flexibility index (Phi) is 4.25. The van der Waals surface area contributed by atoms with Crippen molar-refractivity contribution in [3.63, 3.8) is 0 Å². The highest BCUT2D eigenvalue weighted by atomic mass is 31.0. The molecule has 4 aromatic heterocycles. The van der Waals surface area contributed by atoms with E-state index in [0.717, 1.165) is 28.2 Å². The number of aromatic nitrogens is 6. The minimum atomic E-state index is -0.438. The van der Waals surface area contributed by atoms with Crippen LogP contribution >= 0.6 is 9.24 Å². The number of hydrogen-bond donors (Lipinski definition) is 1. The van der Waals surface area contributed by atoms with Crippen molar-refractivity contribution in [1.29, 1.82) is 0 Å². The van der Waals surface area contributed by atoms with Gasteiger partial charge in [0, 0.05) is 24.9 Å². The Balaban J connectivity index is 1.58. The number of amides is 1. The molecule has 4 aromatic rings. The minimum absolute atomic E-state index is 0.0240. The van der Waals surface area contributed by atoms with E-state index in [9.17, 15) is 4.79 Å². The van der Waals surface area contributed by atoms with E-state index in [0.29, 0.717) is 18.9 Å². The molecule has 0 bridgehead atoms. The summed E-state index contributed by atoms with van der Waals surface area (Å²) in [7, 11) is 2.64. The molecule has 0 aliphatic carbocycles. The second-order valence-electron chi connectivity index (χ2n) is 8.20. The van der Waals surface area contributed by atoms with E-state index in [1.807, 2.05) is 49.7 Å². The third-order valence-electron chi connectivity index (χ3n) is 5.25. The molecule has 1 aliphatic heterocycles. The van der Waals surface area contributed by atoms with Crippen molar-refractivity contribution in [2.45, 2.75) is 38.4 Å². The van der Waals surface area contributed by atoms with Gasteiger partial charge in [-0.1, -0.05) is 6.07 Å². The van der Waals surface area contributed by atoms with Crippen LogP contribution in [0.4, 0.5) is 0 Å². The third kappa shape index (κ3) is 3.10. The smallest absolute Gasteiger partial charge is 0.312 e. The summed E-state index contributed by atoms with van der Waals surface area (Å²) in [6.07, 6.45) is 4.29. The van der Waals surface area contributed by atoms with E-state index in [-0.39, 0.29) is 11.8 Å². The maximum Gasteiger partial charge on any atom is 0.312 e. The van der Waals surface area contributed by atoms with Gasteiger partial charge >= 0.3 is 11.8 Å². The predicted octanol–water partition coefficient (Wildman–Crippen LogP) is 2.65. The zero-order chi connectivity index (χ0) is 21.0. The molecule has 5 rings (SSSR count). The lowest BCUT2D eigenvalue weighted by Crippen LogP contribution is -2.41. The Bertz CT molecular complexity index is 1250. The van der Waals surface area contributed by atoms with Gasteiger partial charge in [-0.2, -0.15) is 5.10 Å². The number of carbonyl (C=O) groups is 1. The van der Waals surface area contributed by atoms with Gasteiger partial charge in [0.05, 0.1) is 28.4 Å². The summed E-state index contributed by atoms with van der Waals surface area (Å²) >= 11 is 0. The number of nitrogens with zero attached hydrogens (tertiary/aromatic N) is 6. The van der Waals surface area contributed by atoms with E-state index in [4.69, 9.17) is 9.52 Å². The zero-order valence-corrected chi connectivity index (χ0v) is 18.1. The van der Waals surface area contributed by atoms with Gasteiger partial charge in [-0.25, -0.2) is 9.50 Å². The SMILES string of the molecule is Cc1ccc2cc([C@@H]3c4nc[nH]c4CCN3C(=O)c3nnc(C(C)(C)P)o3)nn2c1. The molecule has 0 saturated carbocycles. The van der Waals surface area contributed by atoms with E-state index >= 15 is 0 Å². The second-order valence-corrected chi connectivity index (χ2v) is 9.64. The molecule has 0 spiro atoms. The van der Waals surface area contributed by atoms with Gasteiger partial charge in [0.2, 0.25) is 5.89 Å². The summed E-state index contributed by atoms with van der Waals surface area (Å²) in [4.78, 5) is 22.8. The molecule has 1 amide bonds. The molecule has 2 atom stereocenters. The van der Waals surface area contributed by atoms with Gasteiger partial charge in [0.25, 0.3) is 0 Å². The average Bonchev–Trinajstić information content (AvgIpc) is 3.43. The van der Waals surface area contributed by atoms with Crippen molar-refractivity contribution in [3.05, 3.63) is 65.1 Å². The van der Waals surface area contributed by atoms with Crippen molar-refractivity contribution in [2.24, 2.45) is 0 Å². The fraction of sp³-hybridized carbons (Fsp3) is 0.350. The van der Waals surface area contributed by atoms with Crippen molar-refractivity contribution in [3.8, 4) is 0 Å². The normalized spacial score (nSPS) is 16.8. The number of carbonyl (C=O) groups excluding carboxylic acids is 1. The number of aromatic amines is 1. The summed E-state index contributed by atoms with van der Waals surface area (Å²) in [6, 6.07) is 5.60. The Morgan fingerprint density at radius 2 is 2.17 bits per heavy atom. The summed E-state index contributed by atoms with van der Waals surface area (Å²) in [5, 5.41) is 12.4. The monoisotopic (exact) mass is 423 g/mol. The Morgan fingerprint density at radius 3 is 2.93 bits per heavy atom. The molecule has 10 heteroatoms. The summed E-state index contributed by atoms with van der Waals surface area (Å²) in [6.45, 7) is 6.37. The van der Waals surface area contributed by atoms with Gasteiger partial charge in [-0.05, 0) is 38.5 Å². The van der Waals surface area contributed by atoms with E-state index in [1.54, 1.807) is 11.2 Å². The first-order valence-electron chi connectivity index (χ1n) is 9.73. The number of pyridine rings is 1. The van der Waals surface area contributed by atoms with E-state index < -0.39 is 11.2 Å². The predicted molar refractivity (Wildman–Crippen MR) is 112 cm³/mol. The van der Waals surface area contributed by atoms with Crippen molar-refractivity contribution < 1.29 is 9.21 Å². The highest BCUT2D eigenvalue weighted by molar-refractivity contribution is 7.18. The van der Waals surface area contributed by atoms with Crippen LogP contribution in [0.1, 0.15) is 59.1 Å². The lowest BCUT2D eigenvalue weighted by atomic mass is 9.99. The van der Waals surface area contributed by atoms with Gasteiger partial charge in [-0.15, -0.1) is 19.4 Å². The Labute approximate surface area is 175 Å². The highest BCUT2D eigenvalue weighted by Gasteiger charge is 2.38. The molecule has 0 fully saturated rings. The van der Waals surface area contributed by atoms with Crippen LogP contribution in [-0.2, 0) is 11.6 Å². The third-order valence-corrected chi connectivity index (χ3v) is 5.50. The molecule has 9 nitrogen and oxygen atoms in total. The molecule has 0 saturated heterocycles. The molecular weight excluding hydrogens is 401 g/mol. The molecule has 1 N–H and O–H groups in total. The molecule has 1 unspecified atom stereocenters. The van der Waals surface area contributed by atoms with Gasteiger partial charge < -0.3 is 14.3 Å². The molecule has 5 heterocycles. The number of rotatable bonds is 3. The quantitative estimate of drug-likeness (QED) is 0.508. The van der Waals surface area contributed by atoms with Crippen LogP contribution in [0.15, 0.2) is 35.1 Å². The first-order valence-corrected chi connectivity index (χ1v) is 10.3. The summed E-state index contributed by atoms with van der Waals surface area (Å²) < 4.78 is 7.53. The fourth-order valence-electron chi connectivity index (χ4n) is 3.73. The number of fused-ring (bicyclic) bond motifs is 2. The lowest BCUT2D eigenvalue weighted by molar-refractivity contribution is 0.0643. The molecule has 0 radical (unpaired) electrons. The van der Waals surface area contributed by atoms with Crippen molar-refractivity contribution in [2.75, 3.05) is 6.54 Å². The Morgan fingerprint density at radius 1 is 1.33 bits per heavy atom. The van der Waals surface area contributed by atoms with E-state index in [2.05, 4.69) is 29.4 Å². The maximum absolute atomic E-state index is 13.4. The van der Waals surface area contributed by atoms with Gasteiger partial charge in [0.1, 0.15) is 6.04 Å². The number of imidazole rings is 1. The molecule has 1 aliphatic rings. The molecule has 0 aromatic carbocycles. The highest BCUT2D eigenvalue weighted by Crippen LogP contribution is 2.35. The summed E-state index contributed by atoms with van der Waals surface area (Å²) in [5.41, 5.74) is 4.60.